The van der Waals surface area contributed by atoms with E-state index >= 15 is 0 Å². The quantitative estimate of drug-likeness (QED) is 0.741. The fraction of sp³-hybridized carbons (Fsp3) is 0.632. The lowest BCUT2D eigenvalue weighted by atomic mass is 9.88. The van der Waals surface area contributed by atoms with Crippen LogP contribution in [0.2, 0.25) is 0 Å². The molecule has 1 aromatic heterocycles. The highest BCUT2D eigenvalue weighted by molar-refractivity contribution is 7.10. The monoisotopic (exact) mass is 377 g/mol. The van der Waals surface area contributed by atoms with Gasteiger partial charge in [0.25, 0.3) is 5.91 Å². The number of hydrogen-bond donors (Lipinski definition) is 1. The van der Waals surface area contributed by atoms with Gasteiger partial charge in [-0.15, -0.1) is 11.3 Å². The van der Waals surface area contributed by atoms with Crippen molar-refractivity contribution in [3.05, 3.63) is 22.4 Å². The summed E-state index contributed by atoms with van der Waals surface area (Å²) >= 11 is 1.64. The Morgan fingerprint density at radius 1 is 1.31 bits per heavy atom. The normalized spacial score (nSPS) is 22.2. The van der Waals surface area contributed by atoms with E-state index in [1.165, 1.54) is 4.88 Å². The summed E-state index contributed by atoms with van der Waals surface area (Å²) in [4.78, 5) is 42.4. The Labute approximate surface area is 158 Å². The second-order valence-corrected chi connectivity index (χ2v) is 8.14. The molecule has 1 atom stereocenters. The minimum atomic E-state index is -0.834. The van der Waals surface area contributed by atoms with Crippen LogP contribution in [0.1, 0.15) is 63.3 Å². The molecule has 0 bridgehead atoms. The first-order valence-electron chi connectivity index (χ1n) is 9.49. The maximum Gasteiger partial charge on any atom is 0.325 e. The molecule has 4 amide bonds. The van der Waals surface area contributed by atoms with Crippen LogP contribution in [0.3, 0.4) is 0 Å². The van der Waals surface area contributed by atoms with E-state index in [9.17, 15) is 14.4 Å². The molecule has 0 aromatic carbocycles. The van der Waals surface area contributed by atoms with Crippen LogP contribution >= 0.6 is 11.3 Å². The molecule has 2 saturated heterocycles. The van der Waals surface area contributed by atoms with Gasteiger partial charge in [-0.2, -0.15) is 0 Å². The molecular weight excluding hydrogens is 350 g/mol. The largest absolute Gasteiger partial charge is 0.333 e. The highest BCUT2D eigenvalue weighted by Crippen LogP contribution is 2.35. The number of urea groups is 1. The van der Waals surface area contributed by atoms with Crippen molar-refractivity contribution in [1.29, 1.82) is 0 Å². The second-order valence-electron chi connectivity index (χ2n) is 7.16. The number of nitrogens with one attached hydrogen (secondary N) is 1. The number of rotatable bonds is 7. The van der Waals surface area contributed by atoms with Gasteiger partial charge >= 0.3 is 6.03 Å². The van der Waals surface area contributed by atoms with E-state index in [1.54, 1.807) is 11.3 Å². The van der Waals surface area contributed by atoms with Crippen molar-refractivity contribution in [3.63, 3.8) is 0 Å². The average Bonchev–Trinajstić information content (AvgIpc) is 3.32. The fourth-order valence-electron chi connectivity index (χ4n) is 4.21. The van der Waals surface area contributed by atoms with Gasteiger partial charge in [0.15, 0.2) is 0 Å². The molecule has 1 N–H and O–H groups in total. The number of carbonyl (C=O) groups is 3. The number of amides is 4. The van der Waals surface area contributed by atoms with Gasteiger partial charge in [-0.05, 0) is 37.1 Å². The smallest absolute Gasteiger partial charge is 0.325 e. The number of nitrogens with zero attached hydrogens (tertiary/aromatic N) is 2. The minimum Gasteiger partial charge on any atom is -0.333 e. The van der Waals surface area contributed by atoms with Gasteiger partial charge in [-0.3, -0.25) is 14.5 Å². The fourth-order valence-corrected chi connectivity index (χ4v) is 5.08. The standard InChI is InChI=1S/C19H27N3O3S/c1-3-9-19(10-4-2)17(24)22(18(25)20-19)13-16(23)21-11-5-7-14(21)15-8-6-12-26-15/h6,8,12,14H,3-5,7,9-11,13H2,1-2H3,(H,20,25)/t14-/m1/s1. The van der Waals surface area contributed by atoms with Crippen molar-refractivity contribution < 1.29 is 14.4 Å². The highest BCUT2D eigenvalue weighted by Gasteiger charge is 2.50. The van der Waals surface area contributed by atoms with Crippen molar-refractivity contribution in [2.24, 2.45) is 0 Å². The lowest BCUT2D eigenvalue weighted by Crippen LogP contribution is -2.47. The molecule has 2 aliphatic rings. The van der Waals surface area contributed by atoms with Gasteiger partial charge in [0.05, 0.1) is 6.04 Å². The van der Waals surface area contributed by atoms with E-state index in [2.05, 4.69) is 5.32 Å². The summed E-state index contributed by atoms with van der Waals surface area (Å²) in [6, 6.07) is 3.67. The Morgan fingerprint density at radius 3 is 2.65 bits per heavy atom. The van der Waals surface area contributed by atoms with Crippen LogP contribution in [0, 0.1) is 0 Å². The predicted molar refractivity (Wildman–Crippen MR) is 101 cm³/mol. The van der Waals surface area contributed by atoms with Gasteiger partial charge in [-0.25, -0.2) is 4.79 Å². The van der Waals surface area contributed by atoms with E-state index in [0.717, 1.165) is 30.6 Å². The summed E-state index contributed by atoms with van der Waals surface area (Å²) in [6.45, 7) is 4.52. The molecule has 2 aliphatic heterocycles. The first-order chi connectivity index (χ1) is 12.5. The number of imide groups is 1. The molecule has 142 valence electrons. The average molecular weight is 378 g/mol. The zero-order valence-electron chi connectivity index (χ0n) is 15.5. The van der Waals surface area contributed by atoms with Gasteiger partial charge in [0.2, 0.25) is 5.91 Å². The number of carbonyl (C=O) groups excluding carboxylic acids is 3. The molecule has 0 unspecified atom stereocenters. The summed E-state index contributed by atoms with van der Waals surface area (Å²) in [5, 5.41) is 4.88. The molecule has 3 heterocycles. The van der Waals surface area contributed by atoms with Gasteiger partial charge in [0, 0.05) is 11.4 Å². The van der Waals surface area contributed by atoms with Crippen LogP contribution < -0.4 is 5.32 Å². The molecule has 1 aromatic rings. The number of likely N-dealkylation sites (tertiary alicyclic amines) is 1. The number of thiophene rings is 1. The molecule has 7 heteroatoms. The van der Waals surface area contributed by atoms with Crippen molar-refractivity contribution in [1.82, 2.24) is 15.1 Å². The maximum atomic E-state index is 13.0. The Hall–Kier alpha value is -1.89. The Kier molecular flexibility index (Phi) is 5.65. The van der Waals surface area contributed by atoms with E-state index < -0.39 is 11.6 Å². The lowest BCUT2D eigenvalue weighted by Gasteiger charge is -2.27. The Morgan fingerprint density at radius 2 is 2.04 bits per heavy atom. The SMILES string of the molecule is CCCC1(CCC)NC(=O)N(CC(=O)N2CCC[C@@H]2c2cccs2)C1=O. The highest BCUT2D eigenvalue weighted by atomic mass is 32.1. The molecule has 0 spiro atoms. The molecule has 0 radical (unpaired) electrons. The Bertz CT molecular complexity index is 668. The van der Waals surface area contributed by atoms with Crippen LogP contribution in [0.15, 0.2) is 17.5 Å². The maximum absolute atomic E-state index is 13.0. The predicted octanol–water partition coefficient (Wildman–Crippen LogP) is 3.30. The van der Waals surface area contributed by atoms with E-state index in [1.807, 2.05) is 36.3 Å². The third-order valence-electron chi connectivity index (χ3n) is 5.34. The van der Waals surface area contributed by atoms with Crippen LogP contribution in [-0.2, 0) is 9.59 Å². The molecule has 26 heavy (non-hydrogen) atoms. The summed E-state index contributed by atoms with van der Waals surface area (Å²) < 4.78 is 0. The topological polar surface area (TPSA) is 69.7 Å². The van der Waals surface area contributed by atoms with Crippen LogP contribution in [-0.4, -0.2) is 46.3 Å². The first-order valence-corrected chi connectivity index (χ1v) is 10.4. The molecule has 6 nitrogen and oxygen atoms in total. The van der Waals surface area contributed by atoms with Crippen LogP contribution in [0.5, 0.6) is 0 Å². The van der Waals surface area contributed by atoms with Crippen molar-refractivity contribution in [3.8, 4) is 0 Å². The van der Waals surface area contributed by atoms with Gasteiger partial charge in [0.1, 0.15) is 12.1 Å². The summed E-state index contributed by atoms with van der Waals surface area (Å²) in [5.41, 5.74) is -0.834. The summed E-state index contributed by atoms with van der Waals surface area (Å²) in [5.74, 6) is -0.389. The second kappa shape index (κ2) is 7.78. The Balaban J connectivity index is 1.72. The summed E-state index contributed by atoms with van der Waals surface area (Å²) in [7, 11) is 0. The number of hydrogen-bond acceptors (Lipinski definition) is 4. The van der Waals surface area contributed by atoms with Crippen LogP contribution in [0.25, 0.3) is 0 Å². The molecular formula is C19H27N3O3S. The van der Waals surface area contributed by atoms with Gasteiger partial charge in [-0.1, -0.05) is 32.8 Å². The van der Waals surface area contributed by atoms with Crippen molar-refractivity contribution in [2.45, 2.75) is 64.0 Å². The van der Waals surface area contributed by atoms with Crippen molar-refractivity contribution >= 4 is 29.2 Å². The van der Waals surface area contributed by atoms with Crippen LogP contribution in [0.4, 0.5) is 4.79 Å². The van der Waals surface area contributed by atoms with Crippen molar-refractivity contribution in [2.75, 3.05) is 13.1 Å². The minimum absolute atomic E-state index is 0.0688. The van der Waals surface area contributed by atoms with E-state index in [0.29, 0.717) is 19.4 Å². The zero-order valence-corrected chi connectivity index (χ0v) is 16.3. The molecule has 3 rings (SSSR count). The van der Waals surface area contributed by atoms with Gasteiger partial charge < -0.3 is 10.2 Å². The third-order valence-corrected chi connectivity index (χ3v) is 6.31. The lowest BCUT2D eigenvalue weighted by molar-refractivity contribution is -0.139. The van der Waals surface area contributed by atoms with E-state index in [4.69, 9.17) is 0 Å². The zero-order chi connectivity index (χ0) is 18.7. The first kappa shape index (κ1) is 18.9. The molecule has 0 aliphatic carbocycles. The molecule has 0 saturated carbocycles. The van der Waals surface area contributed by atoms with E-state index in [-0.39, 0.29) is 24.4 Å². The molecule has 2 fully saturated rings. The summed E-state index contributed by atoms with van der Waals surface area (Å²) in [6.07, 6.45) is 4.71. The third kappa shape index (κ3) is 3.37.